The second kappa shape index (κ2) is 19.5. The number of hydrogen-bond acceptors (Lipinski definition) is 7. The SMILES string of the molecule is C/C=C(\C)CSC1=C(N)CCN(CC(=O)N2CCN(C3CCC3)CC2)C1.C/C=C\CC=O.CCOC. The predicted octanol–water partition coefficient (Wildman–Crippen LogP) is 4.06. The van der Waals surface area contributed by atoms with Gasteiger partial charge in [-0.25, -0.2) is 0 Å². The molecule has 2 N–H and O–H groups in total. The Balaban J connectivity index is 0.000000551. The van der Waals surface area contributed by atoms with Crippen molar-refractivity contribution in [1.29, 1.82) is 0 Å². The maximum absolute atomic E-state index is 12.7. The van der Waals surface area contributed by atoms with Crippen molar-refractivity contribution in [3.8, 4) is 0 Å². The average Bonchev–Trinajstić information content (AvgIpc) is 2.87. The molecule has 3 aliphatic rings. The van der Waals surface area contributed by atoms with Gasteiger partial charge in [-0.05, 0) is 40.5 Å². The molecule has 1 saturated heterocycles. The molecule has 1 saturated carbocycles. The summed E-state index contributed by atoms with van der Waals surface area (Å²) in [7, 11) is 1.68. The highest BCUT2D eigenvalue weighted by molar-refractivity contribution is 8.03. The van der Waals surface area contributed by atoms with Crippen molar-refractivity contribution >= 4 is 24.0 Å². The van der Waals surface area contributed by atoms with Gasteiger partial charge in [-0.3, -0.25) is 14.6 Å². The third kappa shape index (κ3) is 12.6. The number of nitrogens with zero attached hydrogens (tertiary/aromatic N) is 3. The summed E-state index contributed by atoms with van der Waals surface area (Å²) in [5.41, 5.74) is 8.60. The smallest absolute Gasteiger partial charge is 0.236 e. The van der Waals surface area contributed by atoms with Crippen molar-refractivity contribution in [3.63, 3.8) is 0 Å². The van der Waals surface area contributed by atoms with Gasteiger partial charge in [0, 0.05) is 88.2 Å². The molecule has 0 unspecified atom stereocenters. The molecule has 0 bridgehead atoms. The Morgan fingerprint density at radius 3 is 2.31 bits per heavy atom. The zero-order valence-electron chi connectivity index (χ0n) is 23.3. The molecule has 2 heterocycles. The van der Waals surface area contributed by atoms with E-state index >= 15 is 0 Å². The number of nitrogens with two attached hydrogens (primary N) is 1. The lowest BCUT2D eigenvalue weighted by Gasteiger charge is -2.43. The Morgan fingerprint density at radius 1 is 1.17 bits per heavy atom. The third-order valence-electron chi connectivity index (χ3n) is 6.76. The molecule has 0 aromatic carbocycles. The number of rotatable bonds is 9. The van der Waals surface area contributed by atoms with Crippen LogP contribution in [-0.2, 0) is 14.3 Å². The fourth-order valence-corrected chi connectivity index (χ4v) is 5.06. The van der Waals surface area contributed by atoms with Crippen LogP contribution in [0, 0.1) is 0 Å². The number of carbonyl (C=O) groups excluding carboxylic acids is 2. The summed E-state index contributed by atoms with van der Waals surface area (Å²) in [6, 6.07) is 0.794. The van der Waals surface area contributed by atoms with Crippen LogP contribution >= 0.6 is 11.8 Å². The van der Waals surface area contributed by atoms with E-state index in [0.717, 1.165) is 76.1 Å². The number of carbonyl (C=O) groups is 2. The molecule has 0 radical (unpaired) electrons. The van der Waals surface area contributed by atoms with Crippen LogP contribution in [-0.4, -0.2) is 98.2 Å². The number of hydrogen-bond donors (Lipinski definition) is 1. The van der Waals surface area contributed by atoms with Crippen LogP contribution in [0.1, 0.15) is 59.8 Å². The molecular weight excluding hydrogens is 472 g/mol. The van der Waals surface area contributed by atoms with Gasteiger partial charge in [0.05, 0.1) is 6.54 Å². The van der Waals surface area contributed by atoms with Gasteiger partial charge < -0.3 is 20.2 Å². The lowest BCUT2D eigenvalue weighted by Crippen LogP contribution is -2.55. The van der Waals surface area contributed by atoms with Crippen molar-refractivity contribution in [2.75, 3.05) is 65.3 Å². The van der Waals surface area contributed by atoms with Gasteiger partial charge in [0.2, 0.25) is 5.91 Å². The van der Waals surface area contributed by atoms with Gasteiger partial charge in [0.25, 0.3) is 0 Å². The zero-order chi connectivity index (χ0) is 26.8. The van der Waals surface area contributed by atoms with Gasteiger partial charge in [-0.1, -0.05) is 30.2 Å². The van der Waals surface area contributed by atoms with Gasteiger partial charge in [-0.15, -0.1) is 11.8 Å². The van der Waals surface area contributed by atoms with Crippen molar-refractivity contribution in [2.45, 2.75) is 65.8 Å². The van der Waals surface area contributed by atoms with Crippen LogP contribution in [0.15, 0.2) is 34.4 Å². The molecule has 3 rings (SSSR count). The first-order chi connectivity index (χ1) is 17.4. The molecule has 0 spiro atoms. The van der Waals surface area contributed by atoms with E-state index in [0.29, 0.717) is 13.0 Å². The summed E-state index contributed by atoms with van der Waals surface area (Å²) in [5, 5.41) is 0. The van der Waals surface area contributed by atoms with Crippen molar-refractivity contribution in [3.05, 3.63) is 34.4 Å². The first-order valence-electron chi connectivity index (χ1n) is 13.4. The quantitative estimate of drug-likeness (QED) is 0.361. The summed E-state index contributed by atoms with van der Waals surface area (Å²) in [5.74, 6) is 1.27. The Labute approximate surface area is 224 Å². The molecule has 36 heavy (non-hydrogen) atoms. The van der Waals surface area contributed by atoms with E-state index in [1.165, 1.54) is 29.7 Å². The number of aldehydes is 1. The number of allylic oxidation sites excluding steroid dienone is 3. The molecule has 1 amide bonds. The topological polar surface area (TPSA) is 79.1 Å². The minimum atomic E-state index is 0.285. The third-order valence-corrected chi connectivity index (χ3v) is 8.10. The Hall–Kier alpha value is -1.61. The molecule has 7 nitrogen and oxygen atoms in total. The Bertz CT molecular complexity index is 724. The standard InChI is InChI=1S/C20H34N4OS.C5H8O.C3H8O/c1-3-16(2)15-26-19-13-22(8-7-18(19)21)14-20(25)24-11-9-23(10-12-24)17-5-4-6-17;1-2-3-4-5-6;1-3-4-2/h3,17H,4-15,21H2,1-2H3;2-3,5H,4H2,1H3;3H2,1-2H3/b16-3+;3-2-;. The van der Waals surface area contributed by atoms with E-state index in [1.807, 2.05) is 37.8 Å². The first kappa shape index (κ1) is 32.4. The number of piperazine rings is 1. The summed E-state index contributed by atoms with van der Waals surface area (Å²) in [6.07, 6.45) is 12.2. The summed E-state index contributed by atoms with van der Waals surface area (Å²) >= 11 is 1.83. The van der Waals surface area contributed by atoms with E-state index < -0.39 is 0 Å². The molecule has 0 atom stereocenters. The van der Waals surface area contributed by atoms with Crippen molar-refractivity contribution in [1.82, 2.24) is 14.7 Å². The van der Waals surface area contributed by atoms with Gasteiger partial charge >= 0.3 is 0 Å². The monoisotopic (exact) mass is 522 g/mol. The number of amides is 1. The molecular formula is C28H50N4O3S. The van der Waals surface area contributed by atoms with E-state index in [9.17, 15) is 9.59 Å². The summed E-state index contributed by atoms with van der Waals surface area (Å²) in [6.45, 7) is 15.0. The summed E-state index contributed by atoms with van der Waals surface area (Å²) in [4.78, 5) is 30.4. The molecule has 0 aromatic rings. The van der Waals surface area contributed by atoms with Gasteiger partial charge in [0.1, 0.15) is 6.29 Å². The maximum atomic E-state index is 12.7. The largest absolute Gasteiger partial charge is 0.401 e. The highest BCUT2D eigenvalue weighted by Crippen LogP contribution is 2.27. The van der Waals surface area contributed by atoms with Crippen LogP contribution in [0.4, 0.5) is 0 Å². The maximum Gasteiger partial charge on any atom is 0.236 e. The molecule has 2 fully saturated rings. The van der Waals surface area contributed by atoms with Crippen molar-refractivity contribution < 1.29 is 14.3 Å². The second-order valence-corrected chi connectivity index (χ2v) is 10.5. The lowest BCUT2D eigenvalue weighted by atomic mass is 9.91. The van der Waals surface area contributed by atoms with Crippen LogP contribution in [0.25, 0.3) is 0 Å². The minimum Gasteiger partial charge on any atom is -0.401 e. The molecule has 1 aliphatic carbocycles. The van der Waals surface area contributed by atoms with E-state index in [4.69, 9.17) is 5.73 Å². The molecule has 2 aliphatic heterocycles. The normalized spacial score (nSPS) is 19.8. The first-order valence-corrected chi connectivity index (χ1v) is 14.4. The van der Waals surface area contributed by atoms with Gasteiger partial charge in [0.15, 0.2) is 0 Å². The van der Waals surface area contributed by atoms with E-state index in [1.54, 1.807) is 7.11 Å². The second-order valence-electron chi connectivity index (χ2n) is 9.38. The Morgan fingerprint density at radius 2 is 1.83 bits per heavy atom. The summed E-state index contributed by atoms with van der Waals surface area (Å²) < 4.78 is 4.54. The minimum absolute atomic E-state index is 0.285. The van der Waals surface area contributed by atoms with Crippen LogP contribution in [0.3, 0.4) is 0 Å². The van der Waals surface area contributed by atoms with Crippen LogP contribution in [0.5, 0.6) is 0 Å². The van der Waals surface area contributed by atoms with Crippen molar-refractivity contribution in [2.24, 2.45) is 5.73 Å². The molecule has 0 aromatic heterocycles. The van der Waals surface area contributed by atoms with Gasteiger partial charge in [-0.2, -0.15) is 0 Å². The zero-order valence-corrected chi connectivity index (χ0v) is 24.2. The van der Waals surface area contributed by atoms with Crippen LogP contribution in [0.2, 0.25) is 0 Å². The Kier molecular flexibility index (Phi) is 17.6. The van der Waals surface area contributed by atoms with E-state index in [-0.39, 0.29) is 5.91 Å². The molecule has 206 valence electrons. The molecule has 8 heteroatoms. The van der Waals surface area contributed by atoms with E-state index in [2.05, 4.69) is 39.4 Å². The number of methoxy groups -OCH3 is 1. The fraction of sp³-hybridized carbons (Fsp3) is 0.714. The predicted molar refractivity (Wildman–Crippen MR) is 153 cm³/mol. The number of ether oxygens (including phenoxy) is 1. The lowest BCUT2D eigenvalue weighted by molar-refractivity contribution is -0.134. The van der Waals surface area contributed by atoms with Crippen LogP contribution < -0.4 is 5.73 Å². The highest BCUT2D eigenvalue weighted by Gasteiger charge is 2.30. The average molecular weight is 523 g/mol. The fourth-order valence-electron chi connectivity index (χ4n) is 3.93. The highest BCUT2D eigenvalue weighted by atomic mass is 32.2. The number of thioether (sulfide) groups is 1.